The van der Waals surface area contributed by atoms with Crippen molar-refractivity contribution >= 4 is 0 Å². The summed E-state index contributed by atoms with van der Waals surface area (Å²) in [6.45, 7) is 5.95. The number of aliphatic hydroxyl groups excluding tert-OH is 1. The predicted octanol–water partition coefficient (Wildman–Crippen LogP) is 2.64. The molecule has 0 spiro atoms. The summed E-state index contributed by atoms with van der Waals surface area (Å²) in [5.41, 5.74) is 0.370. The van der Waals surface area contributed by atoms with Crippen LogP contribution in [0.25, 0.3) is 0 Å². The summed E-state index contributed by atoms with van der Waals surface area (Å²) in [7, 11) is 1.54. The lowest BCUT2D eigenvalue weighted by molar-refractivity contribution is -0.0756. The highest BCUT2D eigenvalue weighted by Crippen LogP contribution is 2.42. The highest BCUT2D eigenvalue weighted by Gasteiger charge is 2.47. The second-order valence-corrected chi connectivity index (χ2v) is 5.87. The van der Waals surface area contributed by atoms with Crippen molar-refractivity contribution in [2.45, 2.75) is 45.4 Å². The fourth-order valence-electron chi connectivity index (χ4n) is 2.69. The van der Waals surface area contributed by atoms with E-state index in [1.807, 2.05) is 20.8 Å². The van der Waals surface area contributed by atoms with Crippen LogP contribution < -0.4 is 10.1 Å². The number of aliphatic hydroxyl groups is 1. The molecule has 3 unspecified atom stereocenters. The number of nitrogens with one attached hydrogen (secondary N) is 1. The lowest BCUT2D eigenvalue weighted by Gasteiger charge is -2.50. The molecule has 1 aliphatic carbocycles. The Morgan fingerprint density at radius 2 is 2.16 bits per heavy atom. The summed E-state index contributed by atoms with van der Waals surface area (Å²) in [6.07, 6.45) is 0.411. The fourth-order valence-corrected chi connectivity index (χ4v) is 2.69. The van der Waals surface area contributed by atoms with Crippen molar-refractivity contribution < 1.29 is 14.2 Å². The highest BCUT2D eigenvalue weighted by atomic mass is 19.1. The van der Waals surface area contributed by atoms with Gasteiger partial charge in [-0.3, -0.25) is 0 Å². The number of ether oxygens (including phenoxy) is 1. The van der Waals surface area contributed by atoms with Gasteiger partial charge < -0.3 is 15.2 Å². The third-order valence-electron chi connectivity index (χ3n) is 4.33. The minimum absolute atomic E-state index is 0.159. The van der Waals surface area contributed by atoms with Gasteiger partial charge in [0.05, 0.1) is 13.2 Å². The molecule has 4 heteroatoms. The summed E-state index contributed by atoms with van der Waals surface area (Å²) in [6, 6.07) is 4.87. The zero-order valence-corrected chi connectivity index (χ0v) is 11.9. The first-order valence-corrected chi connectivity index (χ1v) is 6.64. The van der Waals surface area contributed by atoms with Crippen LogP contribution in [-0.4, -0.2) is 24.4 Å². The number of hydrogen-bond acceptors (Lipinski definition) is 3. The second kappa shape index (κ2) is 5.10. The fraction of sp³-hybridized carbons (Fsp3) is 0.600. The van der Waals surface area contributed by atoms with Gasteiger partial charge in [-0.1, -0.05) is 19.9 Å². The van der Waals surface area contributed by atoms with Crippen LogP contribution in [0.5, 0.6) is 5.75 Å². The van der Waals surface area contributed by atoms with Crippen LogP contribution >= 0.6 is 0 Å². The third kappa shape index (κ3) is 2.47. The Bertz CT molecular complexity index is 461. The van der Waals surface area contributed by atoms with Gasteiger partial charge in [0.25, 0.3) is 0 Å². The van der Waals surface area contributed by atoms with Crippen molar-refractivity contribution in [3.05, 3.63) is 29.6 Å². The van der Waals surface area contributed by atoms with E-state index in [0.717, 1.165) is 0 Å². The van der Waals surface area contributed by atoms with E-state index in [9.17, 15) is 9.50 Å². The van der Waals surface area contributed by atoms with Gasteiger partial charge in [0, 0.05) is 23.1 Å². The molecule has 2 N–H and O–H groups in total. The van der Waals surface area contributed by atoms with Crippen molar-refractivity contribution in [1.29, 1.82) is 0 Å². The normalized spacial score (nSPS) is 26.6. The smallest absolute Gasteiger partial charge is 0.131 e. The Morgan fingerprint density at radius 3 is 2.68 bits per heavy atom. The van der Waals surface area contributed by atoms with Gasteiger partial charge in [-0.2, -0.15) is 0 Å². The van der Waals surface area contributed by atoms with Gasteiger partial charge in [-0.15, -0.1) is 0 Å². The zero-order chi connectivity index (χ0) is 14.2. The molecule has 0 bridgehead atoms. The first-order chi connectivity index (χ1) is 8.87. The molecular formula is C15H22FNO2. The first-order valence-electron chi connectivity index (χ1n) is 6.64. The van der Waals surface area contributed by atoms with E-state index in [1.54, 1.807) is 19.2 Å². The largest absolute Gasteiger partial charge is 0.496 e. The highest BCUT2D eigenvalue weighted by molar-refractivity contribution is 5.37. The van der Waals surface area contributed by atoms with Crippen LogP contribution in [0, 0.1) is 11.2 Å². The molecule has 0 aromatic heterocycles. The maximum Gasteiger partial charge on any atom is 0.131 e. The third-order valence-corrected chi connectivity index (χ3v) is 4.33. The van der Waals surface area contributed by atoms with E-state index in [2.05, 4.69) is 5.32 Å². The maximum absolute atomic E-state index is 14.0. The van der Waals surface area contributed by atoms with Crippen LogP contribution in [0.3, 0.4) is 0 Å². The molecule has 3 nitrogen and oxygen atoms in total. The number of halogens is 1. The average Bonchev–Trinajstić information content (AvgIpc) is 2.37. The second-order valence-electron chi connectivity index (χ2n) is 5.87. The number of methoxy groups -OCH3 is 1. The number of benzene rings is 1. The van der Waals surface area contributed by atoms with Crippen molar-refractivity contribution in [3.8, 4) is 5.75 Å². The summed E-state index contributed by atoms with van der Waals surface area (Å²) >= 11 is 0. The maximum atomic E-state index is 14.0. The summed E-state index contributed by atoms with van der Waals surface area (Å²) in [4.78, 5) is 0. The van der Waals surface area contributed by atoms with Crippen molar-refractivity contribution in [1.82, 2.24) is 5.32 Å². The quantitative estimate of drug-likeness (QED) is 0.881. The van der Waals surface area contributed by atoms with Gasteiger partial charge in [-0.25, -0.2) is 4.39 Å². The van der Waals surface area contributed by atoms with Crippen LogP contribution in [-0.2, 0) is 0 Å². The molecule has 1 aromatic carbocycles. The van der Waals surface area contributed by atoms with E-state index in [0.29, 0.717) is 17.7 Å². The monoisotopic (exact) mass is 267 g/mol. The van der Waals surface area contributed by atoms with E-state index in [1.165, 1.54) is 6.07 Å². The minimum atomic E-state index is -0.292. The van der Waals surface area contributed by atoms with Gasteiger partial charge in [0.15, 0.2) is 0 Å². The number of rotatable bonds is 4. The molecule has 1 fully saturated rings. The SMILES string of the molecule is COc1cccc(F)c1C(C)NC1CC(O)C1(C)C. The van der Waals surface area contributed by atoms with Crippen molar-refractivity contribution in [3.63, 3.8) is 0 Å². The molecule has 1 saturated carbocycles. The minimum Gasteiger partial charge on any atom is -0.496 e. The Kier molecular flexibility index (Phi) is 3.83. The predicted molar refractivity (Wildman–Crippen MR) is 72.7 cm³/mol. The summed E-state index contributed by atoms with van der Waals surface area (Å²) in [5.74, 6) is 0.287. The van der Waals surface area contributed by atoms with E-state index in [4.69, 9.17) is 4.74 Å². The Balaban J connectivity index is 2.15. The number of hydrogen-bond donors (Lipinski definition) is 2. The molecule has 106 valence electrons. The molecule has 2 rings (SSSR count). The molecule has 0 aliphatic heterocycles. The molecular weight excluding hydrogens is 245 g/mol. The van der Waals surface area contributed by atoms with Crippen LogP contribution in [0.2, 0.25) is 0 Å². The molecule has 0 heterocycles. The standard InChI is InChI=1S/C15H22FNO2/c1-9(17-12-8-13(18)15(12,2)3)14-10(16)6-5-7-11(14)19-4/h5-7,9,12-13,17-18H,8H2,1-4H3. The molecule has 0 saturated heterocycles. The van der Waals surface area contributed by atoms with E-state index in [-0.39, 0.29) is 29.4 Å². The Hall–Kier alpha value is -1.13. The van der Waals surface area contributed by atoms with Gasteiger partial charge in [0.2, 0.25) is 0 Å². The average molecular weight is 267 g/mol. The topological polar surface area (TPSA) is 41.5 Å². The van der Waals surface area contributed by atoms with Crippen LogP contribution in [0.15, 0.2) is 18.2 Å². The summed E-state index contributed by atoms with van der Waals surface area (Å²) < 4.78 is 19.2. The Labute approximate surface area is 113 Å². The van der Waals surface area contributed by atoms with Gasteiger partial charge in [0.1, 0.15) is 11.6 Å². The van der Waals surface area contributed by atoms with Gasteiger partial charge in [-0.05, 0) is 25.5 Å². The Morgan fingerprint density at radius 1 is 1.47 bits per heavy atom. The molecule has 3 atom stereocenters. The molecule has 1 aliphatic rings. The lowest BCUT2D eigenvalue weighted by atomic mass is 9.64. The van der Waals surface area contributed by atoms with E-state index >= 15 is 0 Å². The zero-order valence-electron chi connectivity index (χ0n) is 11.9. The van der Waals surface area contributed by atoms with Crippen LogP contribution in [0.4, 0.5) is 4.39 Å². The summed E-state index contributed by atoms with van der Waals surface area (Å²) in [5, 5.41) is 13.1. The van der Waals surface area contributed by atoms with Crippen LogP contribution in [0.1, 0.15) is 38.8 Å². The van der Waals surface area contributed by atoms with Crippen molar-refractivity contribution in [2.75, 3.05) is 7.11 Å². The lowest BCUT2D eigenvalue weighted by Crippen LogP contribution is -2.60. The molecule has 1 aromatic rings. The molecule has 19 heavy (non-hydrogen) atoms. The van der Waals surface area contributed by atoms with Crippen molar-refractivity contribution in [2.24, 2.45) is 5.41 Å². The van der Waals surface area contributed by atoms with E-state index < -0.39 is 0 Å². The van der Waals surface area contributed by atoms with Gasteiger partial charge >= 0.3 is 0 Å². The first kappa shape index (κ1) is 14.3. The molecule has 0 amide bonds. The molecule has 0 radical (unpaired) electrons.